The number of guanidine groups is 2. The van der Waals surface area contributed by atoms with Crippen molar-refractivity contribution in [1.29, 1.82) is 0 Å². The molecular formula is C44H51Cl2LiN14O5. The predicted octanol–water partition coefficient (Wildman–Crippen LogP) is 1.72. The molecule has 66 heavy (non-hydrogen) atoms. The van der Waals surface area contributed by atoms with E-state index in [1.165, 1.54) is 0 Å². The molecule has 22 heteroatoms. The van der Waals surface area contributed by atoms with Crippen LogP contribution in [-0.4, -0.2) is 132 Å². The topological polar surface area (TPSA) is 276 Å². The minimum atomic E-state index is -0.104. The van der Waals surface area contributed by atoms with Gasteiger partial charge in [-0.05, 0) is 60.7 Å². The van der Waals surface area contributed by atoms with Crippen molar-refractivity contribution >= 4 is 93.1 Å². The van der Waals surface area contributed by atoms with Gasteiger partial charge in [-0.2, -0.15) is 9.98 Å². The van der Waals surface area contributed by atoms with Gasteiger partial charge in [0, 0.05) is 102 Å². The van der Waals surface area contributed by atoms with Crippen LogP contribution in [-0.2, 0) is 19.1 Å². The fourth-order valence-corrected chi connectivity index (χ4v) is 7.68. The summed E-state index contributed by atoms with van der Waals surface area (Å²) in [5, 5.41) is 2.84. The average Bonchev–Trinajstić information content (AvgIpc) is 3.28. The van der Waals surface area contributed by atoms with Crippen LogP contribution in [0.1, 0.15) is 7.43 Å². The van der Waals surface area contributed by atoms with Gasteiger partial charge in [0.05, 0.1) is 22.4 Å². The zero-order chi connectivity index (χ0) is 44.3. The maximum absolute atomic E-state index is 10.4. The molecule has 0 radical (unpaired) electrons. The number of carbonyl (C=O) groups excluding carboxylic acids is 2. The number of hydrogen-bond acceptors (Lipinski definition) is 15. The first kappa shape index (κ1) is 52.3. The molecule has 2 aliphatic heterocycles. The van der Waals surface area contributed by atoms with Gasteiger partial charge in [0.15, 0.2) is 11.9 Å². The van der Waals surface area contributed by atoms with Crippen LogP contribution in [0.4, 0.5) is 23.3 Å². The fraction of sp³-hybridized carbons (Fsp3) is 0.273. The summed E-state index contributed by atoms with van der Waals surface area (Å²) < 4.78 is 9.63. The molecule has 2 aliphatic rings. The van der Waals surface area contributed by atoms with Crippen molar-refractivity contribution in [3.05, 3.63) is 95.0 Å². The molecule has 0 amide bonds. The van der Waals surface area contributed by atoms with Gasteiger partial charge in [-0.15, -0.1) is 0 Å². The molecule has 8 rings (SSSR count). The van der Waals surface area contributed by atoms with Crippen LogP contribution in [0.3, 0.4) is 0 Å². The molecule has 0 unspecified atom stereocenters. The zero-order valence-corrected chi connectivity index (χ0v) is 37.1. The van der Waals surface area contributed by atoms with Crippen molar-refractivity contribution in [1.82, 2.24) is 29.7 Å². The molecule has 342 valence electrons. The summed E-state index contributed by atoms with van der Waals surface area (Å²) in [4.78, 5) is 55.6. The minimum Gasteiger partial charge on any atom is -0.870 e. The molecule has 6 aromatic rings. The summed E-state index contributed by atoms with van der Waals surface area (Å²) in [5.74, 6) is 0.194. The number of carbonyl (C=O) groups is 2. The number of nitrogens with zero attached hydrogens (tertiary/aromatic N) is 10. The standard InChI is InChI=1S/C22H24ClN7O2.C21H22ClN7O2.CH4.Li.H2O/c23-16-3-6-19-18(13-16)20(27-22(26-19)28-21(24)25)15-1-4-17(5-2-15)30-9-7-29(8-10-30)11-12-32-14-31;22-15-3-6-18-17(11-15)19(26-21(25-18)27-20(23)24)14-1-4-16(5-2-14)29-9-7-28(8-10-29)12-31-13-30;;;/h1-6,13-14H,7-12H2,(H4,24,25,26,27,28);1-6,11,13H,7-10,12H2,(H4,23,24,25,26,27);1H4;;1H2/q;;;+1;/p-1. The van der Waals surface area contributed by atoms with Crippen LogP contribution in [0.25, 0.3) is 44.3 Å². The van der Waals surface area contributed by atoms with Crippen molar-refractivity contribution in [3.63, 3.8) is 0 Å². The van der Waals surface area contributed by atoms with Gasteiger partial charge in [-0.25, -0.2) is 19.9 Å². The molecule has 9 N–H and O–H groups in total. The molecule has 0 aliphatic carbocycles. The third-order valence-corrected chi connectivity index (χ3v) is 10.9. The number of ether oxygens (including phenoxy) is 2. The number of rotatable bonds is 13. The predicted molar refractivity (Wildman–Crippen MR) is 256 cm³/mol. The first-order chi connectivity index (χ1) is 30.6. The Kier molecular flexibility index (Phi) is 19.7. The second kappa shape index (κ2) is 24.8. The quantitative estimate of drug-likeness (QED) is 0.0422. The molecule has 2 fully saturated rings. The molecule has 2 aromatic heterocycles. The number of fused-ring (bicyclic) bond motifs is 2. The molecule has 4 aromatic carbocycles. The Hall–Kier alpha value is -6.30. The normalized spacial score (nSPS) is 13.7. The van der Waals surface area contributed by atoms with E-state index in [0.717, 1.165) is 92.2 Å². The van der Waals surface area contributed by atoms with Crippen LogP contribution < -0.4 is 51.6 Å². The molecule has 0 atom stereocenters. The van der Waals surface area contributed by atoms with Crippen molar-refractivity contribution in [3.8, 4) is 22.5 Å². The van der Waals surface area contributed by atoms with Crippen LogP contribution in [0.5, 0.6) is 0 Å². The number of aliphatic imine (C=N–C) groups is 2. The van der Waals surface area contributed by atoms with E-state index in [0.29, 0.717) is 58.7 Å². The summed E-state index contributed by atoms with van der Waals surface area (Å²) in [6.45, 7) is 9.48. The molecular weight excluding hydrogens is 882 g/mol. The number of nitrogens with two attached hydrogens (primary N) is 4. The Morgan fingerprint density at radius 2 is 1.00 bits per heavy atom. The van der Waals surface area contributed by atoms with E-state index in [-0.39, 0.29) is 55.6 Å². The van der Waals surface area contributed by atoms with Crippen molar-refractivity contribution in [2.75, 3.05) is 82.0 Å². The van der Waals surface area contributed by atoms with Gasteiger partial charge in [-0.3, -0.25) is 19.4 Å². The van der Waals surface area contributed by atoms with Gasteiger partial charge in [0.25, 0.3) is 24.8 Å². The summed E-state index contributed by atoms with van der Waals surface area (Å²) in [5.41, 5.74) is 29.0. The van der Waals surface area contributed by atoms with Crippen LogP contribution in [0, 0.1) is 0 Å². The van der Waals surface area contributed by atoms with Gasteiger partial charge >= 0.3 is 18.9 Å². The van der Waals surface area contributed by atoms with Gasteiger partial charge in [-0.1, -0.05) is 54.9 Å². The summed E-state index contributed by atoms with van der Waals surface area (Å²) in [6.07, 6.45) is 0. The van der Waals surface area contributed by atoms with E-state index in [9.17, 15) is 9.59 Å². The molecule has 4 heterocycles. The van der Waals surface area contributed by atoms with Crippen molar-refractivity contribution in [2.24, 2.45) is 32.9 Å². The summed E-state index contributed by atoms with van der Waals surface area (Å²) >= 11 is 12.4. The Morgan fingerprint density at radius 3 is 1.39 bits per heavy atom. The van der Waals surface area contributed by atoms with Gasteiger partial charge in [0.2, 0.25) is 0 Å². The van der Waals surface area contributed by atoms with Crippen LogP contribution >= 0.6 is 23.2 Å². The Morgan fingerprint density at radius 1 is 0.591 bits per heavy atom. The monoisotopic (exact) mass is 932 g/mol. The number of benzene rings is 4. The van der Waals surface area contributed by atoms with E-state index in [4.69, 9.17) is 55.6 Å². The third kappa shape index (κ3) is 13.6. The Labute approximate surface area is 404 Å². The van der Waals surface area contributed by atoms with Gasteiger partial charge in [0.1, 0.15) is 13.3 Å². The third-order valence-electron chi connectivity index (χ3n) is 10.4. The van der Waals surface area contributed by atoms with Crippen LogP contribution in [0.15, 0.2) is 94.9 Å². The number of hydrogen-bond donors (Lipinski definition) is 4. The van der Waals surface area contributed by atoms with Gasteiger partial charge < -0.3 is 47.7 Å². The summed E-state index contributed by atoms with van der Waals surface area (Å²) in [7, 11) is 0. The molecule has 2 saturated heterocycles. The van der Waals surface area contributed by atoms with E-state index in [1.54, 1.807) is 12.1 Å². The average molecular weight is 934 g/mol. The fourth-order valence-electron chi connectivity index (χ4n) is 7.34. The minimum absolute atomic E-state index is 0. The Balaban J connectivity index is 0.000000276. The number of aromatic nitrogens is 4. The molecule has 19 nitrogen and oxygen atoms in total. The second-order valence-electron chi connectivity index (χ2n) is 14.5. The van der Waals surface area contributed by atoms with E-state index in [2.05, 4.69) is 73.8 Å². The number of halogens is 2. The summed E-state index contributed by atoms with van der Waals surface area (Å²) in [6, 6.07) is 27.2. The molecule has 0 spiro atoms. The molecule has 0 saturated carbocycles. The smallest absolute Gasteiger partial charge is 0.870 e. The number of anilines is 2. The number of piperazine rings is 2. The van der Waals surface area contributed by atoms with E-state index < -0.39 is 0 Å². The second-order valence-corrected chi connectivity index (χ2v) is 15.4. The van der Waals surface area contributed by atoms with Crippen molar-refractivity contribution in [2.45, 2.75) is 7.43 Å². The first-order valence-electron chi connectivity index (χ1n) is 20.0. The van der Waals surface area contributed by atoms with E-state index in [1.807, 2.05) is 48.5 Å². The maximum atomic E-state index is 10.4. The zero-order valence-electron chi connectivity index (χ0n) is 35.6. The van der Waals surface area contributed by atoms with Crippen LogP contribution in [0.2, 0.25) is 10.0 Å². The van der Waals surface area contributed by atoms with Crippen molar-refractivity contribution < 1.29 is 43.4 Å². The largest absolute Gasteiger partial charge is 1.00 e. The molecule has 0 bridgehead atoms. The Bertz CT molecular complexity index is 2610. The van der Waals surface area contributed by atoms with E-state index >= 15 is 0 Å². The maximum Gasteiger partial charge on any atom is 1.00 e. The SMILES string of the molecule is C.NC(N)=Nc1nc(-c2ccc(N3CCN(CCOC=O)CC3)cc2)c2cc(Cl)ccc2n1.NC(N)=Nc1nc(-c2ccc(N3CCN(COC=O)CC3)cc2)c2cc(Cl)ccc2n1.[Li+].[OH-]. The first-order valence-corrected chi connectivity index (χ1v) is 20.7.